The van der Waals surface area contributed by atoms with E-state index >= 15 is 0 Å². The molecule has 0 aromatic rings. The lowest BCUT2D eigenvalue weighted by Gasteiger charge is -2.42. The van der Waals surface area contributed by atoms with E-state index in [4.69, 9.17) is 18.9 Å². The lowest BCUT2D eigenvalue weighted by Crippen LogP contribution is -2.62. The van der Waals surface area contributed by atoms with Gasteiger partial charge in [-0.15, -0.1) is 0 Å². The molecular formula is C12H18O9. The summed E-state index contributed by atoms with van der Waals surface area (Å²) in [7, 11) is 0. The first-order chi connectivity index (χ1) is 9.76. The van der Waals surface area contributed by atoms with E-state index in [0.717, 1.165) is 20.8 Å². The Bertz CT molecular complexity index is 408. The van der Waals surface area contributed by atoms with E-state index in [2.05, 4.69) is 0 Å². The zero-order chi connectivity index (χ0) is 16.2. The largest absolute Gasteiger partial charge is 0.456 e. The number of carbonyl (C=O) groups excluding carboxylic acids is 3. The molecule has 9 heteroatoms. The molecule has 2 N–H and O–H groups in total. The normalized spacial score (nSPS) is 32.1. The first kappa shape index (κ1) is 17.3. The second kappa shape index (κ2) is 7.34. The second-order valence-corrected chi connectivity index (χ2v) is 4.47. The molecule has 1 fully saturated rings. The molecule has 0 aromatic heterocycles. The van der Waals surface area contributed by atoms with Gasteiger partial charge < -0.3 is 29.2 Å². The van der Waals surface area contributed by atoms with Crippen LogP contribution in [-0.2, 0) is 33.3 Å². The topological polar surface area (TPSA) is 129 Å². The van der Waals surface area contributed by atoms with Crippen molar-refractivity contribution in [3.63, 3.8) is 0 Å². The van der Waals surface area contributed by atoms with Gasteiger partial charge in [-0.1, -0.05) is 0 Å². The van der Waals surface area contributed by atoms with Crippen LogP contribution in [0.15, 0.2) is 0 Å². The van der Waals surface area contributed by atoms with Gasteiger partial charge in [0.2, 0.25) is 0 Å². The third-order valence-corrected chi connectivity index (χ3v) is 2.70. The quantitative estimate of drug-likeness (QED) is 0.470. The van der Waals surface area contributed by atoms with Crippen LogP contribution < -0.4 is 0 Å². The maximum Gasteiger partial charge on any atom is 0.303 e. The number of carbonyl (C=O) groups is 3. The molecule has 0 saturated carbocycles. The van der Waals surface area contributed by atoms with Crippen LogP contribution in [0.5, 0.6) is 0 Å². The van der Waals surface area contributed by atoms with Crippen molar-refractivity contribution in [1.29, 1.82) is 0 Å². The van der Waals surface area contributed by atoms with Crippen molar-refractivity contribution in [3.05, 3.63) is 0 Å². The summed E-state index contributed by atoms with van der Waals surface area (Å²) in [4.78, 5) is 33.4. The Hall–Kier alpha value is -1.71. The van der Waals surface area contributed by atoms with Gasteiger partial charge >= 0.3 is 17.9 Å². The zero-order valence-corrected chi connectivity index (χ0v) is 11.8. The molecule has 0 radical (unpaired) electrons. The van der Waals surface area contributed by atoms with Gasteiger partial charge in [0, 0.05) is 20.8 Å². The fourth-order valence-electron chi connectivity index (χ4n) is 2.02. The van der Waals surface area contributed by atoms with Crippen molar-refractivity contribution < 1.29 is 43.5 Å². The number of hydrogen-bond donors (Lipinski definition) is 2. The molecule has 1 saturated heterocycles. The van der Waals surface area contributed by atoms with Crippen LogP contribution in [0.25, 0.3) is 0 Å². The van der Waals surface area contributed by atoms with Gasteiger partial charge in [0.1, 0.15) is 6.10 Å². The minimum Gasteiger partial charge on any atom is -0.456 e. The molecule has 120 valence electrons. The fourth-order valence-corrected chi connectivity index (χ4v) is 2.02. The molecule has 1 heterocycles. The minimum atomic E-state index is -1.64. The number of rotatable bonds is 4. The van der Waals surface area contributed by atoms with Crippen LogP contribution in [0.1, 0.15) is 20.8 Å². The standard InChI is InChI=1S/C12H18O9/c1-5(14)18-9-8(4-13)21-12(17)11(20-7(3)16)10(9)19-6(2)15/h8-13,17H,4H2,1-3H3/t8?,9-,10+,11?,12+/m1/s1. The highest BCUT2D eigenvalue weighted by Gasteiger charge is 2.51. The fraction of sp³-hybridized carbons (Fsp3) is 0.750. The molecule has 21 heavy (non-hydrogen) atoms. The van der Waals surface area contributed by atoms with Gasteiger partial charge in [0.15, 0.2) is 24.6 Å². The summed E-state index contributed by atoms with van der Waals surface area (Å²) in [5, 5.41) is 19.0. The van der Waals surface area contributed by atoms with Crippen molar-refractivity contribution in [3.8, 4) is 0 Å². The van der Waals surface area contributed by atoms with E-state index in [0.29, 0.717) is 0 Å². The molecule has 1 rings (SSSR count). The maximum absolute atomic E-state index is 11.2. The number of esters is 3. The van der Waals surface area contributed by atoms with Crippen molar-refractivity contribution in [2.45, 2.75) is 51.5 Å². The lowest BCUT2D eigenvalue weighted by atomic mass is 9.98. The molecule has 5 atom stereocenters. The Labute approximate surface area is 120 Å². The molecular weight excluding hydrogens is 288 g/mol. The van der Waals surface area contributed by atoms with Crippen LogP contribution in [0.2, 0.25) is 0 Å². The Morgan fingerprint density at radius 1 is 0.905 bits per heavy atom. The van der Waals surface area contributed by atoms with E-state index in [9.17, 15) is 24.6 Å². The second-order valence-electron chi connectivity index (χ2n) is 4.47. The number of hydrogen-bond acceptors (Lipinski definition) is 9. The highest BCUT2D eigenvalue weighted by Crippen LogP contribution is 2.27. The summed E-state index contributed by atoms with van der Waals surface area (Å²) in [6.45, 7) is 2.71. The van der Waals surface area contributed by atoms with E-state index < -0.39 is 55.2 Å². The van der Waals surface area contributed by atoms with Crippen LogP contribution in [0.4, 0.5) is 0 Å². The van der Waals surface area contributed by atoms with Gasteiger partial charge in [0.05, 0.1) is 6.61 Å². The van der Waals surface area contributed by atoms with Crippen molar-refractivity contribution in [1.82, 2.24) is 0 Å². The monoisotopic (exact) mass is 306 g/mol. The van der Waals surface area contributed by atoms with Crippen LogP contribution in [0.3, 0.4) is 0 Å². The average molecular weight is 306 g/mol. The van der Waals surface area contributed by atoms with Crippen LogP contribution >= 0.6 is 0 Å². The molecule has 1 aliphatic rings. The third kappa shape index (κ3) is 4.66. The van der Waals surface area contributed by atoms with Crippen molar-refractivity contribution in [2.75, 3.05) is 6.61 Å². The molecule has 0 spiro atoms. The minimum absolute atomic E-state index is 0.598. The SMILES string of the molecule is CC(=O)OC1[C@@H](OC(C)=O)[C@H](OC(C)=O)C(CO)O[C@@H]1O. The molecule has 0 bridgehead atoms. The summed E-state index contributed by atoms with van der Waals surface area (Å²) >= 11 is 0. The van der Waals surface area contributed by atoms with E-state index in [1.807, 2.05) is 0 Å². The Balaban J connectivity index is 3.08. The van der Waals surface area contributed by atoms with Gasteiger partial charge in [-0.25, -0.2) is 0 Å². The Morgan fingerprint density at radius 2 is 1.33 bits per heavy atom. The highest BCUT2D eigenvalue weighted by atomic mass is 16.7. The summed E-state index contributed by atoms with van der Waals surface area (Å²) in [5.41, 5.74) is 0. The smallest absolute Gasteiger partial charge is 0.303 e. The van der Waals surface area contributed by atoms with Crippen LogP contribution in [-0.4, -0.2) is 65.4 Å². The molecule has 9 nitrogen and oxygen atoms in total. The zero-order valence-electron chi connectivity index (χ0n) is 11.8. The van der Waals surface area contributed by atoms with E-state index in [-0.39, 0.29) is 0 Å². The lowest BCUT2D eigenvalue weighted by molar-refractivity contribution is -0.295. The number of aliphatic hydroxyl groups excluding tert-OH is 2. The number of ether oxygens (including phenoxy) is 4. The first-order valence-electron chi connectivity index (χ1n) is 6.22. The van der Waals surface area contributed by atoms with Crippen LogP contribution in [0, 0.1) is 0 Å². The van der Waals surface area contributed by atoms with Gasteiger partial charge in [-0.05, 0) is 0 Å². The summed E-state index contributed by atoms with van der Waals surface area (Å²) < 4.78 is 19.8. The summed E-state index contributed by atoms with van der Waals surface area (Å²) in [6.07, 6.45) is -6.65. The Morgan fingerprint density at radius 3 is 1.76 bits per heavy atom. The molecule has 0 amide bonds. The van der Waals surface area contributed by atoms with Crippen molar-refractivity contribution in [2.24, 2.45) is 0 Å². The molecule has 1 aliphatic heterocycles. The number of aliphatic hydroxyl groups is 2. The third-order valence-electron chi connectivity index (χ3n) is 2.70. The average Bonchev–Trinajstić information content (AvgIpc) is 2.35. The van der Waals surface area contributed by atoms with E-state index in [1.165, 1.54) is 0 Å². The highest BCUT2D eigenvalue weighted by molar-refractivity contribution is 5.68. The van der Waals surface area contributed by atoms with Gasteiger partial charge in [-0.3, -0.25) is 14.4 Å². The molecule has 0 aromatic carbocycles. The predicted molar refractivity (Wildman–Crippen MR) is 64.6 cm³/mol. The van der Waals surface area contributed by atoms with Crippen molar-refractivity contribution >= 4 is 17.9 Å². The first-order valence-corrected chi connectivity index (χ1v) is 6.22. The summed E-state index contributed by atoms with van der Waals surface area (Å²) in [6, 6.07) is 0. The predicted octanol–water partition coefficient (Wildman–Crippen LogP) is -1.51. The maximum atomic E-state index is 11.2. The Kier molecular flexibility index (Phi) is 6.06. The van der Waals surface area contributed by atoms with Gasteiger partial charge in [-0.2, -0.15) is 0 Å². The van der Waals surface area contributed by atoms with Gasteiger partial charge in [0.25, 0.3) is 0 Å². The van der Waals surface area contributed by atoms with E-state index in [1.54, 1.807) is 0 Å². The molecule has 2 unspecified atom stereocenters. The summed E-state index contributed by atoms with van der Waals surface area (Å²) in [5.74, 6) is -2.19. The molecule has 0 aliphatic carbocycles.